The summed E-state index contributed by atoms with van der Waals surface area (Å²) in [5.41, 5.74) is 2.02. The Bertz CT molecular complexity index is 1150. The van der Waals surface area contributed by atoms with Crippen LogP contribution in [0.2, 0.25) is 0 Å². The van der Waals surface area contributed by atoms with Crippen LogP contribution in [0.3, 0.4) is 0 Å². The number of hydrogen-bond acceptors (Lipinski definition) is 2. The molecule has 4 heteroatoms. The van der Waals surface area contributed by atoms with Crippen molar-refractivity contribution in [2.75, 3.05) is 6.61 Å². The van der Waals surface area contributed by atoms with E-state index in [0.29, 0.717) is 23.1 Å². The molecule has 0 bridgehead atoms. The minimum absolute atomic E-state index is 0.290. The maximum absolute atomic E-state index is 12.2. The first-order valence-electron chi connectivity index (χ1n) is 8.25. The highest BCUT2D eigenvalue weighted by Gasteiger charge is 2.25. The third-order valence-electron chi connectivity index (χ3n) is 4.62. The lowest BCUT2D eigenvalue weighted by Crippen LogP contribution is -2.31. The molecule has 0 amide bonds. The molecule has 0 atom stereocenters. The van der Waals surface area contributed by atoms with Gasteiger partial charge < -0.3 is 9.84 Å². The normalized spacial score (nSPS) is 11.3. The Hall–Kier alpha value is -3.14. The van der Waals surface area contributed by atoms with Gasteiger partial charge in [0.25, 0.3) is 0 Å². The van der Waals surface area contributed by atoms with Crippen molar-refractivity contribution in [2.45, 2.75) is 6.92 Å². The number of benzene rings is 3. The lowest BCUT2D eigenvalue weighted by atomic mass is 9.98. The summed E-state index contributed by atoms with van der Waals surface area (Å²) >= 11 is 0. The average Bonchev–Trinajstić information content (AvgIpc) is 2.61. The molecule has 4 aromatic rings. The van der Waals surface area contributed by atoms with Crippen molar-refractivity contribution in [2.24, 2.45) is 7.05 Å². The highest BCUT2D eigenvalue weighted by atomic mass is 16.5. The van der Waals surface area contributed by atoms with E-state index in [2.05, 4.69) is 0 Å². The summed E-state index contributed by atoms with van der Waals surface area (Å²) in [7, 11) is 1.96. The first-order chi connectivity index (χ1) is 12.1. The molecular weight excluding hydrogens is 314 g/mol. The molecule has 0 aliphatic carbocycles. The van der Waals surface area contributed by atoms with E-state index in [0.717, 1.165) is 21.8 Å². The molecule has 0 fully saturated rings. The molecule has 1 aromatic heterocycles. The number of aromatic nitrogens is 1. The molecule has 0 radical (unpaired) electrons. The quantitative estimate of drug-likeness (QED) is 0.454. The highest BCUT2D eigenvalue weighted by molar-refractivity contribution is 6.15. The second-order valence-corrected chi connectivity index (χ2v) is 6.04. The van der Waals surface area contributed by atoms with Crippen molar-refractivity contribution in [3.05, 3.63) is 60.2 Å². The van der Waals surface area contributed by atoms with Crippen LogP contribution < -0.4 is 9.30 Å². The van der Waals surface area contributed by atoms with Gasteiger partial charge in [-0.2, -0.15) is 4.57 Å². The van der Waals surface area contributed by atoms with E-state index in [4.69, 9.17) is 4.74 Å². The van der Waals surface area contributed by atoms with E-state index in [-0.39, 0.29) is 5.56 Å². The smallest absolute Gasteiger partial charge is 0.337 e. The van der Waals surface area contributed by atoms with Crippen molar-refractivity contribution in [3.8, 4) is 5.75 Å². The topological polar surface area (TPSA) is 50.4 Å². The van der Waals surface area contributed by atoms with Gasteiger partial charge in [0.15, 0.2) is 0 Å². The number of nitrogens with zero attached hydrogens (tertiary/aromatic N) is 1. The second kappa shape index (κ2) is 5.74. The molecule has 0 aliphatic rings. The average molecular weight is 332 g/mol. The molecule has 1 N–H and O–H groups in total. The molecular formula is C21H18NO3+. The standard InChI is InChI=1S/C21H17NO3/c1-3-25-18-10-6-9-16-20(18)19(21(23)24)15-11-13-7-4-5-8-14(13)12-17(15)22(16)2/h4-12H,3H2,1-2H3/p+1. The van der Waals surface area contributed by atoms with Gasteiger partial charge in [-0.3, -0.25) is 0 Å². The lowest BCUT2D eigenvalue weighted by molar-refractivity contribution is -0.617. The van der Waals surface area contributed by atoms with Gasteiger partial charge in [0, 0.05) is 12.1 Å². The first-order valence-corrected chi connectivity index (χ1v) is 8.25. The van der Waals surface area contributed by atoms with Gasteiger partial charge in [0.05, 0.1) is 17.6 Å². The van der Waals surface area contributed by atoms with Gasteiger partial charge in [-0.25, -0.2) is 4.79 Å². The van der Waals surface area contributed by atoms with Gasteiger partial charge in [0.1, 0.15) is 18.2 Å². The van der Waals surface area contributed by atoms with Gasteiger partial charge in [0.2, 0.25) is 11.0 Å². The predicted octanol–water partition coefficient (Wildman–Crippen LogP) is 4.07. The van der Waals surface area contributed by atoms with Crippen LogP contribution in [0.15, 0.2) is 54.6 Å². The molecule has 1 heterocycles. The van der Waals surface area contributed by atoms with Crippen LogP contribution in [0.4, 0.5) is 0 Å². The maximum atomic E-state index is 12.2. The van der Waals surface area contributed by atoms with Crippen LogP contribution in [-0.2, 0) is 7.05 Å². The summed E-state index contributed by atoms with van der Waals surface area (Å²) in [6.45, 7) is 2.38. The van der Waals surface area contributed by atoms with Crippen molar-refractivity contribution in [1.82, 2.24) is 0 Å². The lowest BCUT2D eigenvalue weighted by Gasteiger charge is -2.12. The summed E-state index contributed by atoms with van der Waals surface area (Å²) in [6.07, 6.45) is 0. The zero-order chi connectivity index (χ0) is 17.6. The predicted molar refractivity (Wildman–Crippen MR) is 98.3 cm³/mol. The van der Waals surface area contributed by atoms with Crippen LogP contribution in [0.5, 0.6) is 5.75 Å². The van der Waals surface area contributed by atoms with Gasteiger partial charge in [-0.1, -0.05) is 30.3 Å². The van der Waals surface area contributed by atoms with E-state index >= 15 is 0 Å². The number of carbonyl (C=O) groups is 1. The Balaban J connectivity index is 2.28. The van der Waals surface area contributed by atoms with E-state index in [1.54, 1.807) is 0 Å². The number of fused-ring (bicyclic) bond motifs is 3. The largest absolute Gasteiger partial charge is 0.493 e. The molecule has 3 aromatic carbocycles. The summed E-state index contributed by atoms with van der Waals surface area (Å²) in [5.74, 6) is -0.346. The first kappa shape index (κ1) is 15.4. The number of ether oxygens (including phenoxy) is 1. The van der Waals surface area contributed by atoms with Gasteiger partial charge >= 0.3 is 5.97 Å². The summed E-state index contributed by atoms with van der Waals surface area (Å²) in [4.78, 5) is 12.2. The third kappa shape index (κ3) is 2.30. The van der Waals surface area contributed by atoms with Crippen LogP contribution in [-0.4, -0.2) is 17.7 Å². The monoisotopic (exact) mass is 332 g/mol. The van der Waals surface area contributed by atoms with Crippen molar-refractivity contribution in [1.29, 1.82) is 0 Å². The molecule has 0 aliphatic heterocycles. The number of aromatic carboxylic acids is 1. The van der Waals surface area contributed by atoms with Crippen molar-refractivity contribution in [3.63, 3.8) is 0 Å². The van der Waals surface area contributed by atoms with E-state index in [9.17, 15) is 9.90 Å². The SMILES string of the molecule is CCOc1cccc2c1c(C(=O)O)c1cc3ccccc3cc1[n+]2C. The number of hydrogen-bond donors (Lipinski definition) is 1. The summed E-state index contributed by atoms with van der Waals surface area (Å²) in [5, 5.41) is 13.4. The Morgan fingerprint density at radius 2 is 1.76 bits per heavy atom. The third-order valence-corrected chi connectivity index (χ3v) is 4.62. The zero-order valence-electron chi connectivity index (χ0n) is 14.1. The fourth-order valence-electron chi connectivity index (χ4n) is 3.52. The van der Waals surface area contributed by atoms with Crippen LogP contribution in [0.25, 0.3) is 32.6 Å². The number of aryl methyl sites for hydroxylation is 1. The fraction of sp³-hybridized carbons (Fsp3) is 0.143. The maximum Gasteiger partial charge on any atom is 0.337 e. The number of pyridine rings is 1. The molecule has 4 rings (SSSR count). The van der Waals surface area contributed by atoms with Crippen LogP contribution >= 0.6 is 0 Å². The Labute approximate surface area is 144 Å². The number of carboxylic acid groups (broad SMARTS) is 1. The number of carboxylic acids is 1. The second-order valence-electron chi connectivity index (χ2n) is 6.04. The van der Waals surface area contributed by atoms with Crippen molar-refractivity contribution >= 4 is 38.5 Å². The van der Waals surface area contributed by atoms with Gasteiger partial charge in [-0.15, -0.1) is 0 Å². The van der Waals surface area contributed by atoms with Crippen molar-refractivity contribution < 1.29 is 19.2 Å². The molecule has 0 unspecified atom stereocenters. The van der Waals surface area contributed by atoms with Crippen LogP contribution in [0.1, 0.15) is 17.3 Å². The van der Waals surface area contributed by atoms with E-state index in [1.807, 2.05) is 73.1 Å². The minimum atomic E-state index is -0.946. The number of rotatable bonds is 3. The Morgan fingerprint density at radius 1 is 1.04 bits per heavy atom. The molecule has 124 valence electrons. The molecule has 0 spiro atoms. The molecule has 25 heavy (non-hydrogen) atoms. The zero-order valence-corrected chi connectivity index (χ0v) is 14.1. The van der Waals surface area contributed by atoms with E-state index < -0.39 is 5.97 Å². The highest BCUT2D eigenvalue weighted by Crippen LogP contribution is 2.33. The summed E-state index contributed by atoms with van der Waals surface area (Å²) in [6, 6.07) is 17.6. The Morgan fingerprint density at radius 3 is 2.44 bits per heavy atom. The minimum Gasteiger partial charge on any atom is -0.493 e. The molecule has 0 saturated heterocycles. The summed E-state index contributed by atoms with van der Waals surface area (Å²) < 4.78 is 7.76. The molecule has 4 nitrogen and oxygen atoms in total. The Kier molecular flexibility index (Phi) is 3.53. The van der Waals surface area contributed by atoms with E-state index in [1.165, 1.54) is 0 Å². The van der Waals surface area contributed by atoms with Gasteiger partial charge in [-0.05, 0) is 29.8 Å². The molecule has 0 saturated carbocycles. The van der Waals surface area contributed by atoms with Crippen LogP contribution in [0, 0.1) is 0 Å². The fourth-order valence-corrected chi connectivity index (χ4v) is 3.52.